The largest absolute Gasteiger partial charge is 0.298 e. The molecule has 0 saturated carbocycles. The fourth-order valence-corrected chi connectivity index (χ4v) is 3.90. The zero-order valence-electron chi connectivity index (χ0n) is 15.1. The molecule has 0 radical (unpaired) electrons. The van der Waals surface area contributed by atoms with Crippen molar-refractivity contribution in [1.29, 1.82) is 0 Å². The topological polar surface area (TPSA) is 53.4 Å². The van der Waals surface area contributed by atoms with Gasteiger partial charge in [-0.05, 0) is 32.4 Å². The third-order valence-corrected chi connectivity index (χ3v) is 5.35. The highest BCUT2D eigenvalue weighted by atomic mass is 19.1. The van der Waals surface area contributed by atoms with Crippen molar-refractivity contribution in [2.45, 2.75) is 39.2 Å². The number of hydrogen-bond acceptors (Lipinski definition) is 3. The van der Waals surface area contributed by atoms with E-state index in [1.165, 1.54) is 6.07 Å². The Morgan fingerprint density at radius 3 is 2.92 bits per heavy atom. The number of benzene rings is 1. The standard InChI is InChI=1S/C20H23FN4O/c1-3-16-13(2)22-19-10-18(23-25(19)20(16)26)15-8-9-24(12-15)11-14-6-4-5-7-17(14)21/h4-7,10,15,23H,3,8-9,11-12H2,1-2H3/t15-/m0/s1. The summed E-state index contributed by atoms with van der Waals surface area (Å²) in [7, 11) is 0. The summed E-state index contributed by atoms with van der Waals surface area (Å²) >= 11 is 0. The van der Waals surface area contributed by atoms with Gasteiger partial charge in [0.15, 0.2) is 5.65 Å². The molecule has 3 aromatic rings. The van der Waals surface area contributed by atoms with E-state index in [-0.39, 0.29) is 11.4 Å². The van der Waals surface area contributed by atoms with E-state index < -0.39 is 0 Å². The van der Waals surface area contributed by atoms with Crippen LogP contribution in [0, 0.1) is 12.7 Å². The van der Waals surface area contributed by atoms with E-state index in [9.17, 15) is 9.18 Å². The van der Waals surface area contributed by atoms with Gasteiger partial charge in [-0.1, -0.05) is 25.1 Å². The summed E-state index contributed by atoms with van der Waals surface area (Å²) in [6.45, 7) is 6.23. The second kappa shape index (κ2) is 6.68. The fourth-order valence-electron chi connectivity index (χ4n) is 3.90. The van der Waals surface area contributed by atoms with E-state index in [1.807, 2.05) is 32.0 Å². The normalized spacial score (nSPS) is 18.0. The maximum atomic E-state index is 13.9. The number of nitrogens with zero attached hydrogens (tertiary/aromatic N) is 3. The Morgan fingerprint density at radius 1 is 1.35 bits per heavy atom. The first-order chi connectivity index (χ1) is 12.6. The van der Waals surface area contributed by atoms with E-state index in [0.29, 0.717) is 24.5 Å². The molecule has 1 saturated heterocycles. The first-order valence-electron chi connectivity index (χ1n) is 9.13. The second-order valence-corrected chi connectivity index (χ2v) is 7.05. The van der Waals surface area contributed by atoms with Gasteiger partial charge in [-0.2, -0.15) is 0 Å². The van der Waals surface area contributed by atoms with Crippen LogP contribution in [-0.2, 0) is 13.0 Å². The molecular weight excluding hydrogens is 331 g/mol. The molecule has 3 heterocycles. The first-order valence-corrected chi connectivity index (χ1v) is 9.13. The molecule has 1 aliphatic heterocycles. The molecule has 1 atom stereocenters. The molecule has 0 unspecified atom stereocenters. The number of fused-ring (bicyclic) bond motifs is 1. The Balaban J connectivity index is 1.56. The zero-order valence-corrected chi connectivity index (χ0v) is 15.1. The number of hydrogen-bond donors (Lipinski definition) is 1. The van der Waals surface area contributed by atoms with Crippen molar-refractivity contribution in [1.82, 2.24) is 19.5 Å². The highest BCUT2D eigenvalue weighted by Gasteiger charge is 2.26. The van der Waals surface area contributed by atoms with Gasteiger partial charge in [-0.3, -0.25) is 14.8 Å². The van der Waals surface area contributed by atoms with Crippen molar-refractivity contribution >= 4 is 5.65 Å². The number of aromatic nitrogens is 3. The van der Waals surface area contributed by atoms with Crippen LogP contribution in [0.3, 0.4) is 0 Å². The second-order valence-electron chi connectivity index (χ2n) is 7.05. The van der Waals surface area contributed by atoms with E-state index in [1.54, 1.807) is 10.6 Å². The van der Waals surface area contributed by atoms with Crippen LogP contribution in [0.15, 0.2) is 35.1 Å². The number of rotatable bonds is 4. The Hall–Kier alpha value is -2.47. The number of aromatic amines is 1. The monoisotopic (exact) mass is 354 g/mol. The van der Waals surface area contributed by atoms with Crippen LogP contribution in [0.5, 0.6) is 0 Å². The minimum absolute atomic E-state index is 0.0116. The summed E-state index contributed by atoms with van der Waals surface area (Å²) in [6, 6.07) is 8.91. The Kier molecular flexibility index (Phi) is 4.36. The number of H-pyrrole nitrogens is 1. The molecule has 5 nitrogen and oxygen atoms in total. The van der Waals surface area contributed by atoms with Gasteiger partial charge in [0, 0.05) is 47.6 Å². The smallest absolute Gasteiger partial charge is 0.276 e. The molecule has 0 aliphatic carbocycles. The van der Waals surface area contributed by atoms with Gasteiger partial charge < -0.3 is 0 Å². The average Bonchev–Trinajstić information content (AvgIpc) is 3.24. The molecule has 2 aromatic heterocycles. The molecule has 0 bridgehead atoms. The van der Waals surface area contributed by atoms with Crippen molar-refractivity contribution in [3.8, 4) is 0 Å². The molecule has 0 spiro atoms. The lowest BCUT2D eigenvalue weighted by Gasteiger charge is -2.16. The van der Waals surface area contributed by atoms with Crippen LogP contribution in [0.2, 0.25) is 0 Å². The van der Waals surface area contributed by atoms with E-state index >= 15 is 0 Å². The summed E-state index contributed by atoms with van der Waals surface area (Å²) < 4.78 is 15.4. The van der Waals surface area contributed by atoms with E-state index in [2.05, 4.69) is 15.0 Å². The molecule has 1 aliphatic rings. The predicted octanol–water partition coefficient (Wildman–Crippen LogP) is 3.02. The number of nitrogens with one attached hydrogen (secondary N) is 1. The van der Waals surface area contributed by atoms with Gasteiger partial charge in [-0.25, -0.2) is 13.9 Å². The highest BCUT2D eigenvalue weighted by molar-refractivity contribution is 5.42. The van der Waals surface area contributed by atoms with Gasteiger partial charge >= 0.3 is 0 Å². The van der Waals surface area contributed by atoms with Crippen molar-refractivity contribution in [2.24, 2.45) is 0 Å². The summed E-state index contributed by atoms with van der Waals surface area (Å²) in [5.74, 6) is 0.146. The lowest BCUT2D eigenvalue weighted by molar-refractivity contribution is 0.320. The SMILES string of the molecule is CCc1c(C)nc2cc([C@H]3CCN(Cc4ccccc4F)C3)[nH]n2c1=O. The maximum Gasteiger partial charge on any atom is 0.276 e. The first kappa shape index (κ1) is 17.0. The zero-order chi connectivity index (χ0) is 18.3. The lowest BCUT2D eigenvalue weighted by Crippen LogP contribution is -2.22. The minimum Gasteiger partial charge on any atom is -0.298 e. The molecule has 1 fully saturated rings. The van der Waals surface area contributed by atoms with Crippen LogP contribution in [0.25, 0.3) is 5.65 Å². The van der Waals surface area contributed by atoms with Gasteiger partial charge in [0.05, 0.1) is 0 Å². The van der Waals surface area contributed by atoms with Gasteiger partial charge in [-0.15, -0.1) is 0 Å². The highest BCUT2D eigenvalue weighted by Crippen LogP contribution is 2.28. The van der Waals surface area contributed by atoms with Crippen molar-refractivity contribution in [3.63, 3.8) is 0 Å². The lowest BCUT2D eigenvalue weighted by atomic mass is 10.1. The van der Waals surface area contributed by atoms with Crippen molar-refractivity contribution < 1.29 is 4.39 Å². The van der Waals surface area contributed by atoms with Crippen LogP contribution in [0.4, 0.5) is 4.39 Å². The molecule has 1 N–H and O–H groups in total. The summed E-state index contributed by atoms with van der Waals surface area (Å²) in [5, 5.41) is 3.24. The third-order valence-electron chi connectivity index (χ3n) is 5.35. The van der Waals surface area contributed by atoms with E-state index in [4.69, 9.17) is 0 Å². The Labute approximate surface area is 151 Å². The molecule has 136 valence electrons. The Bertz CT molecular complexity index is 1010. The van der Waals surface area contributed by atoms with Crippen LogP contribution >= 0.6 is 0 Å². The third kappa shape index (κ3) is 2.94. The summed E-state index contributed by atoms with van der Waals surface area (Å²) in [4.78, 5) is 19.4. The molecular formula is C20H23FN4O. The quantitative estimate of drug-likeness (QED) is 0.784. The van der Waals surface area contributed by atoms with Crippen molar-refractivity contribution in [2.75, 3.05) is 13.1 Å². The summed E-state index contributed by atoms with van der Waals surface area (Å²) in [5.41, 5.74) is 3.97. The van der Waals surface area contributed by atoms with Crippen LogP contribution < -0.4 is 5.56 Å². The molecule has 1 aromatic carbocycles. The minimum atomic E-state index is -0.153. The van der Waals surface area contributed by atoms with Gasteiger partial charge in [0.25, 0.3) is 5.56 Å². The van der Waals surface area contributed by atoms with Crippen LogP contribution in [0.1, 0.15) is 41.8 Å². The maximum absolute atomic E-state index is 13.9. The molecule has 26 heavy (non-hydrogen) atoms. The molecule has 0 amide bonds. The number of likely N-dealkylation sites (tertiary alicyclic amines) is 1. The molecule has 4 rings (SSSR count). The fraction of sp³-hybridized carbons (Fsp3) is 0.400. The summed E-state index contributed by atoms with van der Waals surface area (Å²) in [6.07, 6.45) is 1.66. The van der Waals surface area contributed by atoms with E-state index in [0.717, 1.165) is 42.0 Å². The van der Waals surface area contributed by atoms with Gasteiger partial charge in [0.1, 0.15) is 5.82 Å². The van der Waals surface area contributed by atoms with Crippen molar-refractivity contribution in [3.05, 3.63) is 69.0 Å². The number of aryl methyl sites for hydroxylation is 1. The average molecular weight is 354 g/mol. The molecule has 6 heteroatoms. The predicted molar refractivity (Wildman–Crippen MR) is 99.0 cm³/mol. The number of halogens is 1. The van der Waals surface area contributed by atoms with Gasteiger partial charge in [0.2, 0.25) is 0 Å². The van der Waals surface area contributed by atoms with Crippen LogP contribution in [-0.4, -0.2) is 32.6 Å². The Morgan fingerprint density at radius 2 is 2.15 bits per heavy atom.